The highest BCUT2D eigenvalue weighted by molar-refractivity contribution is 5.71. The van der Waals surface area contributed by atoms with E-state index in [9.17, 15) is 18.0 Å². The molecule has 0 amide bonds. The van der Waals surface area contributed by atoms with Crippen molar-refractivity contribution in [2.45, 2.75) is 12.6 Å². The lowest BCUT2D eigenvalue weighted by Gasteiger charge is -2.16. The molecule has 0 saturated carbocycles. The Morgan fingerprint density at radius 1 is 1.59 bits per heavy atom. The van der Waals surface area contributed by atoms with E-state index in [1.165, 1.54) is 0 Å². The number of alkyl halides is 3. The Morgan fingerprint density at radius 3 is 2.76 bits per heavy atom. The van der Waals surface area contributed by atoms with Gasteiger partial charge in [-0.2, -0.15) is 18.2 Å². The molecule has 1 heterocycles. The summed E-state index contributed by atoms with van der Waals surface area (Å²) in [5.74, 6) is -3.96. The molecule has 0 spiro atoms. The fraction of sp³-hybridized carbons (Fsp3) is 0.625. The average Bonchev–Trinajstić information content (AvgIpc) is 2.67. The van der Waals surface area contributed by atoms with Crippen LogP contribution in [-0.2, 0) is 11.2 Å². The number of carboxylic acid groups (broad SMARTS) is 1. The first-order chi connectivity index (χ1) is 7.91. The van der Waals surface area contributed by atoms with Crippen LogP contribution in [0.1, 0.15) is 5.82 Å². The fourth-order valence-corrected chi connectivity index (χ4v) is 1.09. The standard InChI is InChI=1S/C8H10F3N3O3/c9-8(10,11)5(7(15)16)3-12-2-1-6-13-4-17-14-6/h4-5,12H,1-3H2,(H,15,16). The number of hydrogen-bond acceptors (Lipinski definition) is 5. The summed E-state index contributed by atoms with van der Waals surface area (Å²) in [4.78, 5) is 14.0. The third kappa shape index (κ3) is 4.39. The van der Waals surface area contributed by atoms with Crippen molar-refractivity contribution < 1.29 is 27.6 Å². The van der Waals surface area contributed by atoms with Crippen molar-refractivity contribution in [2.75, 3.05) is 13.1 Å². The number of carboxylic acids is 1. The summed E-state index contributed by atoms with van der Waals surface area (Å²) >= 11 is 0. The molecule has 17 heavy (non-hydrogen) atoms. The summed E-state index contributed by atoms with van der Waals surface area (Å²) < 4.78 is 41.1. The maximum absolute atomic E-state index is 12.2. The molecular weight excluding hydrogens is 243 g/mol. The number of hydrogen-bond donors (Lipinski definition) is 2. The van der Waals surface area contributed by atoms with Gasteiger partial charge in [-0.25, -0.2) is 0 Å². The zero-order chi connectivity index (χ0) is 12.9. The van der Waals surface area contributed by atoms with Gasteiger partial charge in [-0.15, -0.1) is 0 Å². The molecule has 6 nitrogen and oxygen atoms in total. The summed E-state index contributed by atoms with van der Waals surface area (Å²) in [6, 6.07) is 0. The maximum Gasteiger partial charge on any atom is 0.403 e. The number of carbonyl (C=O) groups is 1. The van der Waals surface area contributed by atoms with Crippen molar-refractivity contribution in [1.29, 1.82) is 0 Å². The molecular formula is C8H10F3N3O3. The number of halogens is 3. The fourth-order valence-electron chi connectivity index (χ4n) is 1.09. The van der Waals surface area contributed by atoms with Gasteiger partial charge in [0.05, 0.1) is 0 Å². The van der Waals surface area contributed by atoms with Crippen LogP contribution >= 0.6 is 0 Å². The molecule has 0 aromatic carbocycles. The molecule has 0 bridgehead atoms. The van der Waals surface area contributed by atoms with Gasteiger partial charge in [-0.05, 0) is 0 Å². The minimum atomic E-state index is -4.76. The first-order valence-corrected chi connectivity index (χ1v) is 4.66. The normalized spacial score (nSPS) is 13.6. The number of aromatic nitrogens is 2. The Hall–Kier alpha value is -1.64. The molecule has 1 aromatic rings. The molecule has 0 saturated heterocycles. The highest BCUT2D eigenvalue weighted by atomic mass is 19.4. The first kappa shape index (κ1) is 13.4. The molecule has 0 aliphatic carbocycles. The third-order valence-corrected chi connectivity index (χ3v) is 1.97. The summed E-state index contributed by atoms with van der Waals surface area (Å²) in [7, 11) is 0. The smallest absolute Gasteiger partial charge is 0.403 e. The van der Waals surface area contributed by atoms with E-state index in [1.807, 2.05) is 0 Å². The van der Waals surface area contributed by atoms with Crippen LogP contribution in [0, 0.1) is 5.92 Å². The van der Waals surface area contributed by atoms with Gasteiger partial charge in [0.25, 0.3) is 0 Å². The number of nitrogens with zero attached hydrogens (tertiary/aromatic N) is 2. The third-order valence-electron chi connectivity index (χ3n) is 1.97. The lowest BCUT2D eigenvalue weighted by Crippen LogP contribution is -2.39. The lowest BCUT2D eigenvalue weighted by atomic mass is 10.1. The maximum atomic E-state index is 12.2. The van der Waals surface area contributed by atoms with Crippen LogP contribution in [0.5, 0.6) is 0 Å². The van der Waals surface area contributed by atoms with E-state index >= 15 is 0 Å². The molecule has 1 rings (SSSR count). The van der Waals surface area contributed by atoms with Crippen molar-refractivity contribution in [3.05, 3.63) is 12.2 Å². The molecule has 1 aromatic heterocycles. The highest BCUT2D eigenvalue weighted by Gasteiger charge is 2.44. The summed E-state index contributed by atoms with van der Waals surface area (Å²) in [6.07, 6.45) is -3.39. The van der Waals surface area contributed by atoms with E-state index < -0.39 is 24.6 Å². The number of nitrogens with one attached hydrogen (secondary N) is 1. The molecule has 2 N–H and O–H groups in total. The second-order valence-electron chi connectivity index (χ2n) is 3.23. The van der Waals surface area contributed by atoms with Gasteiger partial charge >= 0.3 is 12.1 Å². The van der Waals surface area contributed by atoms with E-state index in [0.29, 0.717) is 5.82 Å². The second kappa shape index (κ2) is 5.62. The van der Waals surface area contributed by atoms with Crippen molar-refractivity contribution in [3.8, 4) is 0 Å². The molecule has 0 fully saturated rings. The van der Waals surface area contributed by atoms with Crippen LogP contribution in [0.4, 0.5) is 13.2 Å². The lowest BCUT2D eigenvalue weighted by molar-refractivity contribution is -0.192. The van der Waals surface area contributed by atoms with Gasteiger partial charge in [0.15, 0.2) is 11.7 Å². The topological polar surface area (TPSA) is 88.2 Å². The van der Waals surface area contributed by atoms with E-state index in [1.54, 1.807) is 0 Å². The largest absolute Gasteiger partial charge is 0.481 e. The zero-order valence-corrected chi connectivity index (χ0v) is 8.57. The molecule has 9 heteroatoms. The van der Waals surface area contributed by atoms with Gasteiger partial charge in [-0.3, -0.25) is 4.79 Å². The molecule has 0 radical (unpaired) electrons. The van der Waals surface area contributed by atoms with Crippen LogP contribution in [0.15, 0.2) is 10.9 Å². The Labute approximate surface area is 93.8 Å². The summed E-state index contributed by atoms with van der Waals surface area (Å²) in [6.45, 7) is -0.546. The zero-order valence-electron chi connectivity index (χ0n) is 8.57. The predicted octanol–water partition coefficient (Wildman–Crippen LogP) is 0.465. The van der Waals surface area contributed by atoms with E-state index in [0.717, 1.165) is 6.39 Å². The van der Waals surface area contributed by atoms with Crippen LogP contribution in [0.3, 0.4) is 0 Å². The van der Waals surface area contributed by atoms with Gasteiger partial charge < -0.3 is 14.9 Å². The first-order valence-electron chi connectivity index (χ1n) is 4.66. The van der Waals surface area contributed by atoms with Crippen LogP contribution in [0.25, 0.3) is 0 Å². The SMILES string of the molecule is O=C(O)C(CNCCc1ncon1)C(F)(F)F. The molecule has 1 unspecified atom stereocenters. The molecule has 1 atom stereocenters. The van der Waals surface area contributed by atoms with Gasteiger partial charge in [0.1, 0.15) is 0 Å². The quantitative estimate of drug-likeness (QED) is 0.716. The van der Waals surface area contributed by atoms with Gasteiger partial charge in [-0.1, -0.05) is 5.16 Å². The second-order valence-corrected chi connectivity index (χ2v) is 3.23. The van der Waals surface area contributed by atoms with Gasteiger partial charge in [0.2, 0.25) is 6.39 Å². The van der Waals surface area contributed by atoms with Crippen molar-refractivity contribution in [1.82, 2.24) is 15.5 Å². The minimum Gasteiger partial charge on any atom is -0.481 e. The van der Waals surface area contributed by atoms with Gasteiger partial charge in [0, 0.05) is 19.5 Å². The minimum absolute atomic E-state index is 0.138. The van der Waals surface area contributed by atoms with E-state index in [-0.39, 0.29) is 13.0 Å². The Bertz CT molecular complexity index is 353. The van der Waals surface area contributed by atoms with E-state index in [2.05, 4.69) is 20.0 Å². The van der Waals surface area contributed by atoms with E-state index in [4.69, 9.17) is 5.11 Å². The number of rotatable bonds is 6. The Balaban J connectivity index is 2.31. The van der Waals surface area contributed by atoms with Crippen LogP contribution < -0.4 is 5.32 Å². The summed E-state index contributed by atoms with van der Waals surface area (Å²) in [5, 5.41) is 14.2. The van der Waals surface area contributed by atoms with Crippen molar-refractivity contribution in [3.63, 3.8) is 0 Å². The van der Waals surface area contributed by atoms with Crippen molar-refractivity contribution >= 4 is 5.97 Å². The van der Waals surface area contributed by atoms with Crippen LogP contribution in [0.2, 0.25) is 0 Å². The molecule has 0 aliphatic heterocycles. The monoisotopic (exact) mass is 253 g/mol. The highest BCUT2D eigenvalue weighted by Crippen LogP contribution is 2.25. The molecule has 96 valence electrons. The number of aliphatic carboxylic acids is 1. The average molecular weight is 253 g/mol. The Kier molecular flexibility index (Phi) is 4.44. The predicted molar refractivity (Wildman–Crippen MR) is 48.1 cm³/mol. The Morgan fingerprint density at radius 2 is 2.29 bits per heavy atom. The van der Waals surface area contributed by atoms with Crippen molar-refractivity contribution in [2.24, 2.45) is 5.92 Å². The molecule has 0 aliphatic rings. The summed E-state index contributed by atoms with van der Waals surface area (Å²) in [5.41, 5.74) is 0. The van der Waals surface area contributed by atoms with Crippen LogP contribution in [-0.4, -0.2) is 40.5 Å².